The normalized spacial score (nSPS) is 14.0. The smallest absolute Gasteiger partial charge is 0.249 e. The molecule has 2 heterocycles. The number of carbonyl (C=O) groups excluding carboxylic acids is 1. The fourth-order valence-electron chi connectivity index (χ4n) is 3.76. The average molecular weight is 411 g/mol. The van der Waals surface area contributed by atoms with Crippen molar-refractivity contribution in [2.24, 2.45) is 0 Å². The Morgan fingerprint density at radius 2 is 2.14 bits per heavy atom. The van der Waals surface area contributed by atoms with E-state index in [0.29, 0.717) is 17.4 Å². The Morgan fingerprint density at radius 1 is 1.31 bits per heavy atom. The van der Waals surface area contributed by atoms with Crippen LogP contribution >= 0.6 is 11.6 Å². The van der Waals surface area contributed by atoms with Crippen molar-refractivity contribution in [1.29, 1.82) is 0 Å². The highest BCUT2D eigenvalue weighted by Gasteiger charge is 2.20. The highest BCUT2D eigenvalue weighted by Crippen LogP contribution is 2.38. The number of anilines is 1. The number of nitrogens with zero attached hydrogens (tertiary/aromatic N) is 1. The number of nitrogens with one attached hydrogen (secondary N) is 1. The van der Waals surface area contributed by atoms with Crippen LogP contribution in [-0.4, -0.2) is 17.5 Å². The Kier molecular flexibility index (Phi) is 5.58. The fourth-order valence-corrected chi connectivity index (χ4v) is 3.87. The zero-order valence-corrected chi connectivity index (χ0v) is 17.3. The van der Waals surface area contributed by atoms with E-state index in [2.05, 4.69) is 16.4 Å². The van der Waals surface area contributed by atoms with Crippen molar-refractivity contribution < 1.29 is 13.9 Å². The van der Waals surface area contributed by atoms with Crippen LogP contribution in [0.3, 0.4) is 0 Å². The molecule has 1 N–H and O–H groups in total. The maximum absolute atomic E-state index is 12.5. The van der Waals surface area contributed by atoms with Gasteiger partial charge in [0, 0.05) is 41.3 Å². The van der Waals surface area contributed by atoms with Crippen LogP contribution in [0.5, 0.6) is 5.75 Å². The molecule has 1 aromatic carbocycles. The molecule has 0 spiro atoms. The van der Waals surface area contributed by atoms with Gasteiger partial charge in [0.25, 0.3) is 0 Å². The van der Waals surface area contributed by atoms with E-state index in [1.165, 1.54) is 18.2 Å². The second-order valence-electron chi connectivity index (χ2n) is 7.17. The Labute approximate surface area is 174 Å². The molecule has 0 saturated carbocycles. The molecule has 1 aliphatic carbocycles. The van der Waals surface area contributed by atoms with Gasteiger partial charge in [0.05, 0.1) is 11.6 Å². The number of carbonyl (C=O) groups is 1. The minimum absolute atomic E-state index is 0.255. The molecule has 150 valence electrons. The summed E-state index contributed by atoms with van der Waals surface area (Å²) in [5.74, 6) is 2.00. The predicted molar refractivity (Wildman–Crippen MR) is 116 cm³/mol. The number of furan rings is 1. The van der Waals surface area contributed by atoms with Crippen LogP contribution in [0.25, 0.3) is 16.5 Å². The molecule has 1 aliphatic rings. The number of allylic oxidation sites excluding steroid dienone is 1. The van der Waals surface area contributed by atoms with Gasteiger partial charge in [0.1, 0.15) is 22.9 Å². The third kappa shape index (κ3) is 4.15. The molecule has 0 aliphatic heterocycles. The van der Waals surface area contributed by atoms with Gasteiger partial charge in [-0.3, -0.25) is 4.79 Å². The SMILES string of the molecule is CCOc1cc2oc3c(c2cc1/C(C)=C/C(=O)Nc1ccc(Cl)cn1)CCCC3. The Balaban J connectivity index is 1.68. The van der Waals surface area contributed by atoms with Gasteiger partial charge in [0.15, 0.2) is 0 Å². The first-order valence-corrected chi connectivity index (χ1v) is 10.2. The lowest BCUT2D eigenvalue weighted by atomic mass is 9.94. The van der Waals surface area contributed by atoms with Crippen molar-refractivity contribution in [2.75, 3.05) is 11.9 Å². The third-order valence-corrected chi connectivity index (χ3v) is 5.33. The summed E-state index contributed by atoms with van der Waals surface area (Å²) in [5, 5.41) is 4.40. The van der Waals surface area contributed by atoms with E-state index in [4.69, 9.17) is 20.8 Å². The van der Waals surface area contributed by atoms with Gasteiger partial charge in [0.2, 0.25) is 5.91 Å². The summed E-state index contributed by atoms with van der Waals surface area (Å²) >= 11 is 5.84. The number of pyridine rings is 1. The van der Waals surface area contributed by atoms with E-state index in [1.807, 2.05) is 19.9 Å². The fraction of sp³-hybridized carbons (Fsp3) is 0.304. The largest absolute Gasteiger partial charge is 0.493 e. The molecule has 0 saturated heterocycles. The first-order chi connectivity index (χ1) is 14.0. The van der Waals surface area contributed by atoms with Crippen LogP contribution in [0.15, 0.2) is 41.0 Å². The van der Waals surface area contributed by atoms with Gasteiger partial charge >= 0.3 is 0 Å². The first-order valence-electron chi connectivity index (χ1n) is 9.87. The number of aryl methyl sites for hydroxylation is 2. The van der Waals surface area contributed by atoms with Gasteiger partial charge in [-0.2, -0.15) is 0 Å². The summed E-state index contributed by atoms with van der Waals surface area (Å²) in [6.45, 7) is 4.39. The number of benzene rings is 1. The van der Waals surface area contributed by atoms with Crippen molar-refractivity contribution >= 4 is 39.9 Å². The topological polar surface area (TPSA) is 64.4 Å². The van der Waals surface area contributed by atoms with Gasteiger partial charge in [-0.25, -0.2) is 4.98 Å². The van der Waals surface area contributed by atoms with E-state index in [0.717, 1.165) is 52.9 Å². The summed E-state index contributed by atoms with van der Waals surface area (Å²) in [6.07, 6.45) is 7.41. The molecule has 0 atom stereocenters. The number of ether oxygens (including phenoxy) is 1. The monoisotopic (exact) mass is 410 g/mol. The second-order valence-corrected chi connectivity index (χ2v) is 7.60. The van der Waals surface area contributed by atoms with Crippen LogP contribution < -0.4 is 10.1 Å². The number of halogens is 1. The van der Waals surface area contributed by atoms with Crippen molar-refractivity contribution in [3.05, 3.63) is 58.4 Å². The molecular formula is C23H23ClN2O3. The van der Waals surface area contributed by atoms with Crippen molar-refractivity contribution in [2.45, 2.75) is 39.5 Å². The Bertz CT molecular complexity index is 1080. The van der Waals surface area contributed by atoms with Crippen molar-refractivity contribution in [3.63, 3.8) is 0 Å². The summed E-state index contributed by atoms with van der Waals surface area (Å²) in [6, 6.07) is 7.39. The van der Waals surface area contributed by atoms with Crippen molar-refractivity contribution in [3.8, 4) is 5.75 Å². The number of hydrogen-bond acceptors (Lipinski definition) is 4. The molecule has 5 nitrogen and oxygen atoms in total. The van der Waals surface area contributed by atoms with E-state index in [1.54, 1.807) is 18.2 Å². The quantitative estimate of drug-likeness (QED) is 0.540. The lowest BCUT2D eigenvalue weighted by Gasteiger charge is -2.12. The minimum atomic E-state index is -0.255. The molecule has 2 aromatic heterocycles. The number of amides is 1. The Hall–Kier alpha value is -2.79. The summed E-state index contributed by atoms with van der Waals surface area (Å²) in [7, 11) is 0. The van der Waals surface area contributed by atoms with Crippen LogP contribution in [0.4, 0.5) is 5.82 Å². The standard InChI is InChI=1S/C23H23ClN2O3/c1-3-28-20-12-21-18(16-6-4-5-7-19(16)29-21)11-17(20)14(2)10-23(27)26-22-9-8-15(24)13-25-22/h8-13H,3-7H2,1-2H3,(H,25,26,27)/b14-10+. The maximum Gasteiger partial charge on any atom is 0.249 e. The molecule has 4 rings (SSSR count). The molecule has 3 aromatic rings. The molecule has 0 fully saturated rings. The molecule has 0 bridgehead atoms. The lowest BCUT2D eigenvalue weighted by molar-refractivity contribution is -0.111. The van der Waals surface area contributed by atoms with Crippen molar-refractivity contribution in [1.82, 2.24) is 4.98 Å². The number of fused-ring (bicyclic) bond motifs is 3. The minimum Gasteiger partial charge on any atom is -0.493 e. The van der Waals surface area contributed by atoms with E-state index in [9.17, 15) is 4.79 Å². The lowest BCUT2D eigenvalue weighted by Crippen LogP contribution is -2.10. The number of aromatic nitrogens is 1. The number of rotatable bonds is 5. The van der Waals surface area contributed by atoms with Crippen LogP contribution in [0, 0.1) is 0 Å². The maximum atomic E-state index is 12.5. The van der Waals surface area contributed by atoms with E-state index in [-0.39, 0.29) is 5.91 Å². The molecular weight excluding hydrogens is 388 g/mol. The predicted octanol–water partition coefficient (Wildman–Crippen LogP) is 5.80. The zero-order valence-electron chi connectivity index (χ0n) is 16.5. The molecule has 1 amide bonds. The van der Waals surface area contributed by atoms with E-state index < -0.39 is 0 Å². The molecule has 6 heteroatoms. The van der Waals surface area contributed by atoms with Gasteiger partial charge in [-0.15, -0.1) is 0 Å². The van der Waals surface area contributed by atoms with Crippen LogP contribution in [-0.2, 0) is 17.6 Å². The highest BCUT2D eigenvalue weighted by molar-refractivity contribution is 6.30. The highest BCUT2D eigenvalue weighted by atomic mass is 35.5. The van der Waals surface area contributed by atoms with Gasteiger partial charge in [-0.05, 0) is 56.9 Å². The Morgan fingerprint density at radius 3 is 2.90 bits per heavy atom. The van der Waals surface area contributed by atoms with Gasteiger partial charge in [-0.1, -0.05) is 11.6 Å². The zero-order chi connectivity index (χ0) is 20.4. The van der Waals surface area contributed by atoms with Crippen LogP contribution in [0.1, 0.15) is 43.6 Å². The molecule has 0 unspecified atom stereocenters. The average Bonchev–Trinajstić information content (AvgIpc) is 3.06. The third-order valence-electron chi connectivity index (χ3n) is 5.11. The summed E-state index contributed by atoms with van der Waals surface area (Å²) in [5.41, 5.74) is 3.85. The summed E-state index contributed by atoms with van der Waals surface area (Å²) < 4.78 is 11.9. The molecule has 0 radical (unpaired) electrons. The first kappa shape index (κ1) is 19.5. The van der Waals surface area contributed by atoms with Crippen LogP contribution in [0.2, 0.25) is 5.02 Å². The number of hydrogen-bond donors (Lipinski definition) is 1. The molecule has 29 heavy (non-hydrogen) atoms. The van der Waals surface area contributed by atoms with E-state index >= 15 is 0 Å². The second kappa shape index (κ2) is 8.29. The summed E-state index contributed by atoms with van der Waals surface area (Å²) in [4.78, 5) is 16.6. The van der Waals surface area contributed by atoms with Gasteiger partial charge < -0.3 is 14.5 Å².